The highest BCUT2D eigenvalue weighted by Gasteiger charge is 2.49. The minimum atomic E-state index is -0.600. The Labute approximate surface area is 188 Å². The number of fused-ring (bicyclic) bond motifs is 1. The molecule has 0 spiro atoms. The Morgan fingerprint density at radius 2 is 2.03 bits per heavy atom. The van der Waals surface area contributed by atoms with Crippen molar-refractivity contribution >= 4 is 45.9 Å². The van der Waals surface area contributed by atoms with Crippen molar-refractivity contribution in [1.82, 2.24) is 9.88 Å². The van der Waals surface area contributed by atoms with Gasteiger partial charge in [0, 0.05) is 28.2 Å². The summed E-state index contributed by atoms with van der Waals surface area (Å²) < 4.78 is 0. The molecule has 0 saturated carbocycles. The predicted octanol–water partition coefficient (Wildman–Crippen LogP) is 4.12. The van der Waals surface area contributed by atoms with Crippen LogP contribution >= 0.6 is 23.4 Å². The topological polar surface area (TPSA) is 101 Å². The summed E-state index contributed by atoms with van der Waals surface area (Å²) in [7, 11) is 0. The molecule has 0 radical (unpaired) electrons. The van der Waals surface area contributed by atoms with E-state index in [0.29, 0.717) is 26.7 Å². The lowest BCUT2D eigenvalue weighted by Crippen LogP contribution is -2.62. The summed E-state index contributed by atoms with van der Waals surface area (Å²) in [6.45, 7) is 2.02. The largest absolute Gasteiger partial charge is 0.332 e. The molecule has 2 aliphatic rings. The molecule has 0 N–H and O–H groups in total. The van der Waals surface area contributed by atoms with Crippen LogP contribution in [-0.2, 0) is 4.79 Å². The van der Waals surface area contributed by atoms with Gasteiger partial charge in [-0.15, -0.1) is 11.8 Å². The minimum absolute atomic E-state index is 0.136. The number of hydrogen-bond donors (Lipinski definition) is 0. The van der Waals surface area contributed by atoms with E-state index in [4.69, 9.17) is 16.9 Å². The number of nitrogens with zero attached hydrogens (tertiary/aromatic N) is 5. The first-order valence-corrected chi connectivity index (χ1v) is 10.7. The molecule has 4 rings (SSSR count). The molecule has 2 aromatic rings. The number of halogens is 1. The quantitative estimate of drug-likeness (QED) is 0.695. The van der Waals surface area contributed by atoms with E-state index in [0.717, 1.165) is 10.5 Å². The third-order valence-electron chi connectivity index (χ3n) is 5.10. The molecule has 31 heavy (non-hydrogen) atoms. The molecular formula is C22H16ClN5O2S. The number of imide groups is 1. The first-order valence-electron chi connectivity index (χ1n) is 9.46. The molecule has 2 unspecified atom stereocenters. The zero-order valence-electron chi connectivity index (χ0n) is 16.4. The van der Waals surface area contributed by atoms with Crippen LogP contribution in [0.2, 0.25) is 5.02 Å². The number of benzene rings is 1. The van der Waals surface area contributed by atoms with E-state index in [1.807, 2.05) is 13.0 Å². The second-order valence-electron chi connectivity index (χ2n) is 7.14. The number of hydrogen-bond acceptors (Lipinski definition) is 6. The fourth-order valence-electron chi connectivity index (χ4n) is 3.70. The predicted molar refractivity (Wildman–Crippen MR) is 118 cm³/mol. The van der Waals surface area contributed by atoms with Gasteiger partial charge in [-0.3, -0.25) is 9.78 Å². The third kappa shape index (κ3) is 3.76. The molecule has 3 amide bonds. The average molecular weight is 450 g/mol. The first-order chi connectivity index (χ1) is 14.9. The van der Waals surface area contributed by atoms with Crippen molar-refractivity contribution in [2.75, 3.05) is 11.4 Å². The summed E-state index contributed by atoms with van der Waals surface area (Å²) in [5.41, 5.74) is 2.27. The highest BCUT2D eigenvalue weighted by Crippen LogP contribution is 2.46. The van der Waals surface area contributed by atoms with Crippen molar-refractivity contribution in [2.45, 2.75) is 24.6 Å². The number of nitriles is 2. The summed E-state index contributed by atoms with van der Waals surface area (Å²) in [5, 5.41) is 18.4. The van der Waals surface area contributed by atoms with Crippen LogP contribution in [0.25, 0.3) is 4.91 Å². The summed E-state index contributed by atoms with van der Waals surface area (Å²) in [5.74, 6) is -0.354. The molecule has 1 aromatic carbocycles. The van der Waals surface area contributed by atoms with E-state index in [9.17, 15) is 14.9 Å². The molecule has 7 nitrogen and oxygen atoms in total. The maximum atomic E-state index is 13.4. The fraction of sp³-hybridized carbons (Fsp3) is 0.227. The van der Waals surface area contributed by atoms with E-state index >= 15 is 0 Å². The van der Waals surface area contributed by atoms with Crippen molar-refractivity contribution in [3.05, 3.63) is 64.4 Å². The normalized spacial score (nSPS) is 20.2. The van der Waals surface area contributed by atoms with E-state index in [1.54, 1.807) is 30.5 Å². The van der Waals surface area contributed by atoms with E-state index in [-0.39, 0.29) is 18.9 Å². The second-order valence-corrected chi connectivity index (χ2v) is 8.76. The molecule has 1 saturated heterocycles. The molecule has 154 valence electrons. The van der Waals surface area contributed by atoms with Crippen LogP contribution in [0.15, 0.2) is 42.7 Å². The van der Waals surface area contributed by atoms with Crippen molar-refractivity contribution in [1.29, 1.82) is 10.5 Å². The Morgan fingerprint density at radius 1 is 1.23 bits per heavy atom. The second kappa shape index (κ2) is 8.43. The van der Waals surface area contributed by atoms with Crippen LogP contribution in [0.3, 0.4) is 0 Å². The lowest BCUT2D eigenvalue weighted by atomic mass is 10.0. The zero-order valence-corrected chi connectivity index (χ0v) is 18.0. The monoisotopic (exact) mass is 449 g/mol. The van der Waals surface area contributed by atoms with Gasteiger partial charge in [0.15, 0.2) is 0 Å². The number of aromatic nitrogens is 1. The van der Waals surface area contributed by atoms with Crippen LogP contribution in [0, 0.1) is 29.6 Å². The highest BCUT2D eigenvalue weighted by molar-refractivity contribution is 8.09. The average Bonchev–Trinajstić information content (AvgIpc) is 3.19. The number of anilines is 1. The van der Waals surface area contributed by atoms with Gasteiger partial charge in [0.05, 0.1) is 42.0 Å². The Bertz CT molecular complexity index is 1200. The van der Waals surface area contributed by atoms with Crippen LogP contribution in [0.1, 0.15) is 23.1 Å². The van der Waals surface area contributed by atoms with Gasteiger partial charge in [-0.2, -0.15) is 10.5 Å². The number of aryl methyl sites for hydroxylation is 1. The number of carbonyl (C=O) groups is 2. The van der Waals surface area contributed by atoms with Crippen LogP contribution in [-0.4, -0.2) is 39.7 Å². The van der Waals surface area contributed by atoms with Crippen molar-refractivity contribution in [2.24, 2.45) is 0 Å². The SMILES string of the molecule is Cc1cncc(N2C(=O)C3SC(c4cc(Cl)ccc4C#N)=CC3N(CCC#N)C2=O)c1. The molecule has 0 bridgehead atoms. The molecule has 0 aliphatic carbocycles. The van der Waals surface area contributed by atoms with Crippen molar-refractivity contribution in [3.8, 4) is 12.1 Å². The van der Waals surface area contributed by atoms with Crippen LogP contribution in [0.4, 0.5) is 10.5 Å². The summed E-state index contributed by atoms with van der Waals surface area (Å²) >= 11 is 7.44. The Kier molecular flexibility index (Phi) is 5.69. The summed E-state index contributed by atoms with van der Waals surface area (Å²) in [4.78, 5) is 34.2. The lowest BCUT2D eigenvalue weighted by Gasteiger charge is -2.40. The maximum absolute atomic E-state index is 13.4. The number of amides is 3. The Balaban J connectivity index is 1.77. The van der Waals surface area contributed by atoms with E-state index in [1.165, 1.54) is 22.9 Å². The van der Waals surface area contributed by atoms with Crippen molar-refractivity contribution in [3.63, 3.8) is 0 Å². The third-order valence-corrected chi connectivity index (χ3v) is 6.68. The molecule has 1 aromatic heterocycles. The summed E-state index contributed by atoms with van der Waals surface area (Å²) in [6, 6.07) is 9.88. The standard InChI is InChI=1S/C22H16ClN5O2S/c1-13-7-16(12-26-11-13)28-21(29)20-18(27(22(28)30)6-2-5-24)9-19(31-20)17-8-15(23)4-3-14(17)10-25/h3-4,7-9,11-12,18,20H,2,6H2,1H3. The van der Waals surface area contributed by atoms with Gasteiger partial charge in [-0.25, -0.2) is 9.69 Å². The van der Waals surface area contributed by atoms with E-state index < -0.39 is 17.3 Å². The van der Waals surface area contributed by atoms with Gasteiger partial charge in [0.2, 0.25) is 0 Å². The van der Waals surface area contributed by atoms with Gasteiger partial charge < -0.3 is 4.90 Å². The van der Waals surface area contributed by atoms with Crippen LogP contribution in [0.5, 0.6) is 0 Å². The molecule has 1 fully saturated rings. The lowest BCUT2D eigenvalue weighted by molar-refractivity contribution is -0.119. The van der Waals surface area contributed by atoms with Gasteiger partial charge in [0.1, 0.15) is 5.25 Å². The van der Waals surface area contributed by atoms with Crippen molar-refractivity contribution < 1.29 is 9.59 Å². The molecule has 2 aliphatic heterocycles. The zero-order chi connectivity index (χ0) is 22.1. The smallest absolute Gasteiger partial charge is 0.315 e. The number of carbonyl (C=O) groups excluding carboxylic acids is 2. The molecular weight excluding hydrogens is 434 g/mol. The number of pyridine rings is 1. The summed E-state index contributed by atoms with van der Waals surface area (Å²) in [6.07, 6.45) is 5.08. The number of thioether (sulfide) groups is 1. The molecule has 2 atom stereocenters. The first kappa shape index (κ1) is 20.9. The molecule has 9 heteroatoms. The maximum Gasteiger partial charge on any atom is 0.332 e. The van der Waals surface area contributed by atoms with E-state index in [2.05, 4.69) is 17.1 Å². The van der Waals surface area contributed by atoms with Gasteiger partial charge in [-0.1, -0.05) is 11.6 Å². The van der Waals surface area contributed by atoms with Crippen LogP contribution < -0.4 is 4.90 Å². The Hall–Kier alpha value is -3.33. The van der Waals surface area contributed by atoms with Gasteiger partial charge in [-0.05, 0) is 42.8 Å². The number of rotatable bonds is 4. The van der Waals surface area contributed by atoms with Gasteiger partial charge in [0.25, 0.3) is 5.91 Å². The highest BCUT2D eigenvalue weighted by atomic mass is 35.5. The minimum Gasteiger partial charge on any atom is -0.315 e. The molecule has 3 heterocycles. The Morgan fingerprint density at radius 3 is 2.74 bits per heavy atom. The number of urea groups is 1. The fourth-order valence-corrected chi connectivity index (χ4v) is 5.23. The van der Waals surface area contributed by atoms with Gasteiger partial charge >= 0.3 is 6.03 Å².